The van der Waals surface area contributed by atoms with Gasteiger partial charge in [-0.05, 0) is 55.3 Å². The Labute approximate surface area is 274 Å². The molecule has 244 valence electrons. The summed E-state index contributed by atoms with van der Waals surface area (Å²) in [6, 6.07) is 12.6. The number of rotatable bonds is 15. The lowest BCUT2D eigenvalue weighted by atomic mass is 10.1. The quantitative estimate of drug-likeness (QED) is 0.233. The fourth-order valence-corrected chi connectivity index (χ4v) is 6.41. The minimum absolute atomic E-state index is 0.0422. The van der Waals surface area contributed by atoms with Gasteiger partial charge in [0.1, 0.15) is 24.1 Å². The number of halogens is 2. The summed E-state index contributed by atoms with van der Waals surface area (Å²) in [4.78, 5) is 28.6. The maximum atomic E-state index is 14.4. The van der Waals surface area contributed by atoms with Gasteiger partial charge in [-0.25, -0.2) is 8.42 Å². The van der Waals surface area contributed by atoms with Crippen molar-refractivity contribution in [3.63, 3.8) is 0 Å². The van der Waals surface area contributed by atoms with Crippen LogP contribution >= 0.6 is 23.2 Å². The van der Waals surface area contributed by atoms with Gasteiger partial charge in [-0.2, -0.15) is 0 Å². The van der Waals surface area contributed by atoms with Crippen LogP contribution in [-0.2, 0) is 26.2 Å². The average molecular weight is 683 g/mol. The van der Waals surface area contributed by atoms with Crippen LogP contribution in [-0.4, -0.2) is 72.7 Å². The van der Waals surface area contributed by atoms with E-state index in [9.17, 15) is 18.0 Å². The van der Waals surface area contributed by atoms with E-state index in [2.05, 4.69) is 5.32 Å². The molecule has 0 heterocycles. The van der Waals surface area contributed by atoms with E-state index in [0.29, 0.717) is 28.6 Å². The number of amides is 2. The van der Waals surface area contributed by atoms with E-state index in [1.165, 1.54) is 63.7 Å². The summed E-state index contributed by atoms with van der Waals surface area (Å²) in [5.41, 5.74) is 0.634. The summed E-state index contributed by atoms with van der Waals surface area (Å²) in [6.45, 7) is 3.12. The van der Waals surface area contributed by atoms with E-state index < -0.39 is 28.5 Å². The van der Waals surface area contributed by atoms with Crippen LogP contribution in [0.3, 0.4) is 0 Å². The Morgan fingerprint density at radius 1 is 0.822 bits per heavy atom. The third kappa shape index (κ3) is 8.24. The molecule has 14 heteroatoms. The fraction of sp³-hybridized carbons (Fsp3) is 0.355. The molecule has 0 aliphatic carbocycles. The van der Waals surface area contributed by atoms with Crippen LogP contribution in [0, 0.1) is 0 Å². The van der Waals surface area contributed by atoms with Gasteiger partial charge < -0.3 is 29.2 Å². The first kappa shape index (κ1) is 35.6. The van der Waals surface area contributed by atoms with Gasteiger partial charge in [0.2, 0.25) is 11.8 Å². The highest BCUT2D eigenvalue weighted by atomic mass is 35.5. The maximum absolute atomic E-state index is 14.4. The molecule has 1 N–H and O–H groups in total. The zero-order valence-electron chi connectivity index (χ0n) is 25.9. The van der Waals surface area contributed by atoms with Crippen molar-refractivity contribution < 1.29 is 37.0 Å². The highest BCUT2D eigenvalue weighted by Crippen LogP contribution is 2.38. The third-order valence-electron chi connectivity index (χ3n) is 6.95. The Balaban J connectivity index is 2.21. The Hall–Kier alpha value is -3.87. The Kier molecular flexibility index (Phi) is 12.6. The molecular formula is C31H37Cl2N3O8S. The first-order chi connectivity index (χ1) is 21.4. The number of ether oxygens (including phenoxy) is 4. The molecule has 45 heavy (non-hydrogen) atoms. The van der Waals surface area contributed by atoms with E-state index in [1.54, 1.807) is 38.1 Å². The summed E-state index contributed by atoms with van der Waals surface area (Å²) in [5.74, 6) is -0.0639. The Bertz CT molecular complexity index is 1620. The SMILES string of the molecule is CCNC(=O)C(CC)N(Cc1ccc(Cl)c(Cl)c1)C(=O)CN(c1cc(OC)ccc1OC)S(=O)(=O)c1ccc(OC)c(OC)c1. The average Bonchev–Trinajstić information content (AvgIpc) is 3.04. The van der Waals surface area contributed by atoms with E-state index >= 15 is 0 Å². The van der Waals surface area contributed by atoms with Crippen LogP contribution in [0.5, 0.6) is 23.0 Å². The summed E-state index contributed by atoms with van der Waals surface area (Å²) in [5, 5.41) is 3.36. The highest BCUT2D eigenvalue weighted by molar-refractivity contribution is 7.92. The zero-order valence-corrected chi connectivity index (χ0v) is 28.3. The van der Waals surface area contributed by atoms with Crippen molar-refractivity contribution in [1.29, 1.82) is 0 Å². The predicted molar refractivity (Wildman–Crippen MR) is 173 cm³/mol. The normalized spacial score (nSPS) is 11.7. The van der Waals surface area contributed by atoms with Crippen LogP contribution in [0.2, 0.25) is 10.0 Å². The summed E-state index contributed by atoms with van der Waals surface area (Å²) in [7, 11) is 1.16. The third-order valence-corrected chi connectivity index (χ3v) is 9.45. The molecule has 1 unspecified atom stereocenters. The van der Waals surface area contributed by atoms with Crippen molar-refractivity contribution in [3.8, 4) is 23.0 Å². The van der Waals surface area contributed by atoms with Crippen molar-refractivity contribution >= 4 is 50.7 Å². The lowest BCUT2D eigenvalue weighted by molar-refractivity contribution is -0.140. The number of carbonyl (C=O) groups excluding carboxylic acids is 2. The minimum atomic E-state index is -4.47. The van der Waals surface area contributed by atoms with Gasteiger partial charge in [0.15, 0.2) is 11.5 Å². The van der Waals surface area contributed by atoms with Gasteiger partial charge in [-0.1, -0.05) is 36.2 Å². The van der Waals surface area contributed by atoms with E-state index in [1.807, 2.05) is 0 Å². The van der Waals surface area contributed by atoms with Crippen LogP contribution in [0.1, 0.15) is 25.8 Å². The van der Waals surface area contributed by atoms with Crippen molar-refractivity contribution in [1.82, 2.24) is 10.2 Å². The van der Waals surface area contributed by atoms with Gasteiger partial charge in [0.05, 0.1) is 49.1 Å². The topological polar surface area (TPSA) is 124 Å². The number of likely N-dealkylation sites (N-methyl/N-ethyl adjacent to an activating group) is 1. The molecule has 0 bridgehead atoms. The van der Waals surface area contributed by atoms with Gasteiger partial charge in [0.25, 0.3) is 10.0 Å². The molecule has 0 saturated carbocycles. The van der Waals surface area contributed by atoms with E-state index in [0.717, 1.165) is 4.31 Å². The Morgan fingerprint density at radius 2 is 1.49 bits per heavy atom. The molecular weight excluding hydrogens is 645 g/mol. The monoisotopic (exact) mass is 681 g/mol. The van der Waals surface area contributed by atoms with Gasteiger partial charge in [0, 0.05) is 25.2 Å². The lowest BCUT2D eigenvalue weighted by Crippen LogP contribution is -2.52. The van der Waals surface area contributed by atoms with Gasteiger partial charge in [-0.15, -0.1) is 0 Å². The smallest absolute Gasteiger partial charge is 0.265 e. The maximum Gasteiger partial charge on any atom is 0.265 e. The number of nitrogens with zero attached hydrogens (tertiary/aromatic N) is 2. The number of nitrogens with one attached hydrogen (secondary N) is 1. The molecule has 2 amide bonds. The zero-order chi connectivity index (χ0) is 33.3. The molecule has 0 aromatic heterocycles. The van der Waals surface area contributed by atoms with E-state index in [4.69, 9.17) is 42.1 Å². The van der Waals surface area contributed by atoms with Crippen molar-refractivity contribution in [2.75, 3.05) is 45.8 Å². The molecule has 11 nitrogen and oxygen atoms in total. The van der Waals surface area contributed by atoms with Crippen LogP contribution in [0.4, 0.5) is 5.69 Å². The lowest BCUT2D eigenvalue weighted by Gasteiger charge is -2.33. The summed E-state index contributed by atoms with van der Waals surface area (Å²) < 4.78 is 51.2. The van der Waals surface area contributed by atoms with Crippen molar-refractivity contribution in [2.45, 2.75) is 37.8 Å². The van der Waals surface area contributed by atoms with Crippen molar-refractivity contribution in [3.05, 3.63) is 70.2 Å². The number of sulfonamides is 1. The first-order valence-corrected chi connectivity index (χ1v) is 16.1. The number of methoxy groups -OCH3 is 4. The molecule has 3 rings (SSSR count). The second-order valence-electron chi connectivity index (χ2n) is 9.65. The second kappa shape index (κ2) is 15.9. The van der Waals surface area contributed by atoms with Crippen molar-refractivity contribution in [2.24, 2.45) is 0 Å². The molecule has 0 spiro atoms. The first-order valence-electron chi connectivity index (χ1n) is 13.9. The number of hydrogen-bond acceptors (Lipinski definition) is 8. The standard InChI is InChI=1S/C31H37Cl2N3O8S/c1-7-25(31(38)34-8-2)35(18-20-9-12-23(32)24(33)15-20)30(37)19-36(26-16-21(41-3)10-13-27(26)42-4)45(39,40)22-11-14-28(43-5)29(17-22)44-6/h9-17,25H,7-8,18-19H2,1-6H3,(H,34,38). The van der Waals surface area contributed by atoms with Crippen LogP contribution < -0.4 is 28.6 Å². The highest BCUT2D eigenvalue weighted by Gasteiger charge is 2.35. The predicted octanol–water partition coefficient (Wildman–Crippen LogP) is 5.17. The molecule has 0 radical (unpaired) electrons. The Morgan fingerprint density at radius 3 is 2.07 bits per heavy atom. The summed E-state index contributed by atoms with van der Waals surface area (Å²) >= 11 is 12.4. The summed E-state index contributed by atoms with van der Waals surface area (Å²) in [6.07, 6.45) is 0.254. The van der Waals surface area contributed by atoms with E-state index in [-0.39, 0.29) is 46.0 Å². The molecule has 3 aromatic carbocycles. The molecule has 0 aliphatic rings. The van der Waals surface area contributed by atoms with Crippen LogP contribution in [0.15, 0.2) is 59.5 Å². The number of benzene rings is 3. The number of carbonyl (C=O) groups is 2. The van der Waals surface area contributed by atoms with Gasteiger partial charge in [-0.3, -0.25) is 13.9 Å². The second-order valence-corrected chi connectivity index (χ2v) is 12.3. The number of anilines is 1. The van der Waals surface area contributed by atoms with Gasteiger partial charge >= 0.3 is 0 Å². The largest absolute Gasteiger partial charge is 0.497 e. The van der Waals surface area contributed by atoms with Crippen LogP contribution in [0.25, 0.3) is 0 Å². The molecule has 3 aromatic rings. The fourth-order valence-electron chi connectivity index (χ4n) is 4.66. The molecule has 0 fully saturated rings. The minimum Gasteiger partial charge on any atom is -0.497 e. The number of hydrogen-bond donors (Lipinski definition) is 1. The molecule has 1 atom stereocenters. The molecule has 0 saturated heterocycles. The molecule has 0 aliphatic heterocycles.